The molecule has 0 unspecified atom stereocenters. The van der Waals surface area contributed by atoms with E-state index in [2.05, 4.69) is 0 Å². The van der Waals surface area contributed by atoms with Crippen molar-refractivity contribution in [1.29, 1.82) is 0 Å². The minimum atomic E-state index is -5.11. The fraction of sp³-hybridized carbons (Fsp3) is 0. The molecule has 0 aromatic heterocycles. The molecule has 20 heavy (non-hydrogen) atoms. The van der Waals surface area contributed by atoms with Crippen molar-refractivity contribution in [2.24, 2.45) is 0 Å². The van der Waals surface area contributed by atoms with Crippen LogP contribution in [0.4, 0.5) is 0 Å². The Bertz CT molecular complexity index is 702. The number of hydrogen-bond acceptors (Lipinski definition) is 5. The molecule has 0 saturated carbocycles. The Morgan fingerprint density at radius 3 is 1.70 bits per heavy atom. The first-order chi connectivity index (χ1) is 7.55. The van der Waals surface area contributed by atoms with E-state index >= 15 is 0 Å². The van der Waals surface area contributed by atoms with Gasteiger partial charge >= 0.3 is 119 Å². The van der Waals surface area contributed by atoms with Gasteiger partial charge in [-0.3, -0.25) is 9.11 Å². The second kappa shape index (κ2) is 10.2. The summed E-state index contributed by atoms with van der Waals surface area (Å²) in [4.78, 5) is 8.14. The SMILES string of the molecule is O=C(O)c1cccc(S(=O)(=O)O)c1S(=O)(=O)O.[Ca+2].[Ca+2].[Ca+2].[H-].[H-].[H-].[H-].[H-].[H-]. The first kappa shape index (κ1) is 27.2. The molecule has 0 saturated heterocycles. The molecule has 1 aromatic carbocycles. The topological polar surface area (TPSA) is 146 Å². The molecule has 13 heteroatoms. The van der Waals surface area contributed by atoms with Gasteiger partial charge in [0, 0.05) is 0 Å². The van der Waals surface area contributed by atoms with Crippen LogP contribution in [0.15, 0.2) is 28.0 Å². The summed E-state index contributed by atoms with van der Waals surface area (Å²) in [5.74, 6) is -1.76. The third-order valence-electron chi connectivity index (χ3n) is 1.75. The van der Waals surface area contributed by atoms with Crippen molar-refractivity contribution in [3.8, 4) is 0 Å². The standard InChI is InChI=1S/C7H6O8S2.3Ca.6H/c8-7(9)4-2-1-3-5(16(10,11)12)6(4)17(13,14)15;;;;;;;;;/h1-3H,(H,8,9)(H,10,11,12)(H,13,14,15);;;;;;;;;/q;3*+2;6*-1. The fourth-order valence-electron chi connectivity index (χ4n) is 1.15. The van der Waals surface area contributed by atoms with Gasteiger partial charge in [-0.1, -0.05) is 6.07 Å². The summed E-state index contributed by atoms with van der Waals surface area (Å²) in [7, 11) is -10.1. The maximum atomic E-state index is 10.9. The van der Waals surface area contributed by atoms with Crippen LogP contribution in [0.25, 0.3) is 0 Å². The predicted octanol–water partition coefficient (Wildman–Crippen LogP) is -0.589. The zero-order valence-corrected chi connectivity index (χ0v) is 18.3. The van der Waals surface area contributed by atoms with Gasteiger partial charge in [-0.2, -0.15) is 16.8 Å². The number of benzene rings is 1. The molecule has 0 radical (unpaired) electrons. The molecule has 0 heterocycles. The zero-order valence-electron chi connectivity index (χ0n) is 16.1. The van der Waals surface area contributed by atoms with Crippen LogP contribution in [0.1, 0.15) is 18.9 Å². The van der Waals surface area contributed by atoms with E-state index < -0.39 is 41.6 Å². The van der Waals surface area contributed by atoms with Crippen LogP contribution in [0.5, 0.6) is 0 Å². The third-order valence-corrected chi connectivity index (χ3v) is 3.73. The number of rotatable bonds is 3. The van der Waals surface area contributed by atoms with Crippen LogP contribution in [-0.4, -0.2) is 150 Å². The van der Waals surface area contributed by atoms with Gasteiger partial charge in [0.05, 0.1) is 5.56 Å². The van der Waals surface area contributed by atoms with Crippen LogP contribution in [0.2, 0.25) is 0 Å². The van der Waals surface area contributed by atoms with E-state index in [-0.39, 0.29) is 122 Å². The number of hydrogen-bond donors (Lipinski definition) is 3. The molecule has 0 fully saturated rings. The Balaban J connectivity index is -0.0000000459. The Labute approximate surface area is 213 Å². The smallest absolute Gasteiger partial charge is 1.00 e. The summed E-state index contributed by atoms with van der Waals surface area (Å²) >= 11 is 0. The van der Waals surface area contributed by atoms with Crippen molar-refractivity contribution in [3.63, 3.8) is 0 Å². The Hall–Kier alpha value is 2.29. The average Bonchev–Trinajstić information content (AvgIpc) is 2.13. The van der Waals surface area contributed by atoms with Gasteiger partial charge in [0.1, 0.15) is 9.79 Å². The molecule has 1 rings (SSSR count). The van der Waals surface area contributed by atoms with Gasteiger partial charge in [-0.05, 0) is 12.1 Å². The van der Waals surface area contributed by atoms with Crippen LogP contribution in [0, 0.1) is 0 Å². The van der Waals surface area contributed by atoms with E-state index in [1.54, 1.807) is 0 Å². The summed E-state index contributed by atoms with van der Waals surface area (Å²) < 4.78 is 61.1. The van der Waals surface area contributed by atoms with Crippen molar-refractivity contribution in [1.82, 2.24) is 0 Å². The van der Waals surface area contributed by atoms with E-state index in [9.17, 15) is 21.6 Å². The molecule has 106 valence electrons. The monoisotopic (exact) mass is 408 g/mol. The van der Waals surface area contributed by atoms with Crippen molar-refractivity contribution in [3.05, 3.63) is 23.8 Å². The summed E-state index contributed by atoms with van der Waals surface area (Å²) in [6.07, 6.45) is 0. The van der Waals surface area contributed by atoms with E-state index in [1.807, 2.05) is 0 Å². The second-order valence-corrected chi connectivity index (χ2v) is 5.64. The molecular weight excluding hydrogens is 396 g/mol. The van der Waals surface area contributed by atoms with Crippen molar-refractivity contribution < 1.29 is 44.4 Å². The molecule has 0 spiro atoms. The second-order valence-electron chi connectivity index (χ2n) is 2.89. The van der Waals surface area contributed by atoms with Gasteiger partial charge < -0.3 is 13.7 Å². The van der Waals surface area contributed by atoms with Crippen LogP contribution in [0.3, 0.4) is 0 Å². The van der Waals surface area contributed by atoms with Crippen molar-refractivity contribution in [2.75, 3.05) is 0 Å². The number of carboxylic acid groups (broad SMARTS) is 1. The van der Waals surface area contributed by atoms with Gasteiger partial charge in [0.15, 0.2) is 0 Å². The van der Waals surface area contributed by atoms with Gasteiger partial charge in [-0.15, -0.1) is 0 Å². The summed E-state index contributed by atoms with van der Waals surface area (Å²) in [5, 5.41) is 8.67. The van der Waals surface area contributed by atoms with E-state index in [4.69, 9.17) is 14.2 Å². The molecule has 8 nitrogen and oxygen atoms in total. The summed E-state index contributed by atoms with van der Waals surface area (Å²) in [5.41, 5.74) is -0.956. The quantitative estimate of drug-likeness (QED) is 0.444. The van der Waals surface area contributed by atoms with Crippen molar-refractivity contribution in [2.45, 2.75) is 9.79 Å². The fourth-order valence-corrected chi connectivity index (χ4v) is 3.14. The van der Waals surface area contributed by atoms with Gasteiger partial charge in [0.25, 0.3) is 20.2 Å². The van der Waals surface area contributed by atoms with Crippen molar-refractivity contribution >= 4 is 139 Å². The van der Waals surface area contributed by atoms with Gasteiger partial charge in [0.2, 0.25) is 0 Å². The maximum absolute atomic E-state index is 10.9. The number of carboxylic acids is 1. The molecular formula is C7H12Ca3O8S2. The summed E-state index contributed by atoms with van der Waals surface area (Å²) in [6, 6.07) is 2.35. The minimum absolute atomic E-state index is 0. The Morgan fingerprint density at radius 2 is 1.40 bits per heavy atom. The molecule has 1 aromatic rings. The summed E-state index contributed by atoms with van der Waals surface area (Å²) in [6.45, 7) is 0. The molecule has 0 atom stereocenters. The molecule has 0 aliphatic carbocycles. The molecule has 3 N–H and O–H groups in total. The first-order valence-corrected chi connectivity index (χ1v) is 6.74. The molecule has 0 bridgehead atoms. The maximum Gasteiger partial charge on any atom is 2.00 e. The first-order valence-electron chi connectivity index (χ1n) is 3.86. The zero-order chi connectivity index (χ0) is 13.4. The number of carbonyl (C=O) groups is 1. The van der Waals surface area contributed by atoms with E-state index in [0.717, 1.165) is 12.1 Å². The molecule has 0 aliphatic heterocycles. The van der Waals surface area contributed by atoms with Crippen LogP contribution in [-0.2, 0) is 20.2 Å². The minimum Gasteiger partial charge on any atom is -1.00 e. The largest absolute Gasteiger partial charge is 2.00 e. The molecule has 0 aliphatic rings. The normalized spacial score (nSPS) is 10.5. The molecule has 0 amide bonds. The number of aromatic carboxylic acids is 1. The van der Waals surface area contributed by atoms with Crippen LogP contribution >= 0.6 is 0 Å². The van der Waals surface area contributed by atoms with E-state index in [0.29, 0.717) is 6.07 Å². The van der Waals surface area contributed by atoms with Gasteiger partial charge in [-0.25, -0.2) is 4.79 Å². The average molecular weight is 409 g/mol. The Kier molecular flexibility index (Phi) is 13.9. The predicted molar refractivity (Wildman–Crippen MR) is 77.0 cm³/mol. The third kappa shape index (κ3) is 7.24. The van der Waals surface area contributed by atoms with E-state index in [1.165, 1.54) is 0 Å². The van der Waals surface area contributed by atoms with Crippen LogP contribution < -0.4 is 0 Å². The Morgan fingerprint density at radius 1 is 0.950 bits per heavy atom.